The monoisotopic (exact) mass is 198 g/mol. The smallest absolute Gasteiger partial charge is 0.0117 e. The maximum atomic E-state index is 2.39. The van der Waals surface area contributed by atoms with E-state index in [2.05, 4.69) is 25.1 Å². The van der Waals surface area contributed by atoms with Crippen LogP contribution in [-0.4, -0.2) is 0 Å². The number of fused-ring (bicyclic) bond motifs is 3. The second kappa shape index (κ2) is 3.52. The fourth-order valence-electron chi connectivity index (χ4n) is 2.93. The number of hydrogen-bond donors (Lipinski definition) is 0. The first kappa shape index (κ1) is 9.21. The third-order valence-corrected chi connectivity index (χ3v) is 3.77. The number of benzene rings is 1. The van der Waals surface area contributed by atoms with Crippen LogP contribution in [0.15, 0.2) is 12.1 Å². The van der Waals surface area contributed by atoms with E-state index in [1.165, 1.54) is 44.1 Å². The fourth-order valence-corrected chi connectivity index (χ4v) is 2.93. The lowest BCUT2D eigenvalue weighted by Crippen LogP contribution is -2.04. The van der Waals surface area contributed by atoms with Crippen LogP contribution in [-0.2, 0) is 12.8 Å². The molecular weight excluding hydrogens is 180 g/mol. The minimum Gasteiger partial charge on any atom is -0.0654 e. The van der Waals surface area contributed by atoms with Gasteiger partial charge in [0.05, 0.1) is 0 Å². The quantitative estimate of drug-likeness (QED) is 0.682. The van der Waals surface area contributed by atoms with Gasteiger partial charge in [0, 0.05) is 0 Å². The zero-order valence-electron chi connectivity index (χ0n) is 9.47. The lowest BCUT2D eigenvalue weighted by Gasteiger charge is -2.23. The molecule has 0 amide bonds. The van der Waals surface area contributed by atoms with Crippen LogP contribution in [0.25, 0.3) is 11.6 Å². The Kier molecular flexibility index (Phi) is 2.16. The number of aryl methyl sites for hydroxylation is 1. The molecule has 0 heterocycles. The molecule has 0 fully saturated rings. The topological polar surface area (TPSA) is 0 Å². The lowest BCUT2D eigenvalue weighted by atomic mass is 9.81. The van der Waals surface area contributed by atoms with Crippen molar-refractivity contribution in [3.05, 3.63) is 34.4 Å². The van der Waals surface area contributed by atoms with Crippen molar-refractivity contribution < 1.29 is 0 Å². The van der Waals surface area contributed by atoms with Gasteiger partial charge in [-0.15, -0.1) is 0 Å². The van der Waals surface area contributed by atoms with E-state index in [1.807, 2.05) is 0 Å². The van der Waals surface area contributed by atoms with E-state index in [0.717, 1.165) is 0 Å². The number of allylic oxidation sites excluding steroid dienone is 1. The highest BCUT2D eigenvalue weighted by Crippen LogP contribution is 2.42. The molecule has 0 heteroatoms. The fraction of sp³-hybridized carbons (Fsp3) is 0.467. The van der Waals surface area contributed by atoms with Gasteiger partial charge >= 0.3 is 0 Å². The number of unbranched alkanes of at least 4 members (excludes halogenated alkanes) is 1. The summed E-state index contributed by atoms with van der Waals surface area (Å²) < 4.78 is 0. The Bertz CT molecular complexity index is 424. The van der Waals surface area contributed by atoms with Gasteiger partial charge in [-0.05, 0) is 59.9 Å². The minimum absolute atomic E-state index is 1.29. The van der Waals surface area contributed by atoms with Crippen molar-refractivity contribution in [3.63, 3.8) is 0 Å². The molecule has 2 aliphatic carbocycles. The summed E-state index contributed by atoms with van der Waals surface area (Å²) in [5.74, 6) is 0. The highest BCUT2D eigenvalue weighted by Gasteiger charge is 2.23. The van der Waals surface area contributed by atoms with Crippen LogP contribution in [0.3, 0.4) is 0 Å². The zero-order chi connectivity index (χ0) is 10.3. The molecule has 3 rings (SSSR count). The van der Waals surface area contributed by atoms with Gasteiger partial charge in [-0.25, -0.2) is 0 Å². The SMILES string of the molecule is CCCCC1=Cc2ccc3c(c21)CCC3. The van der Waals surface area contributed by atoms with Crippen molar-refractivity contribution >= 4 is 11.6 Å². The molecule has 0 nitrogen and oxygen atoms in total. The van der Waals surface area contributed by atoms with Gasteiger partial charge in [-0.3, -0.25) is 0 Å². The molecule has 0 aliphatic heterocycles. The van der Waals surface area contributed by atoms with Crippen LogP contribution in [0.5, 0.6) is 0 Å². The zero-order valence-corrected chi connectivity index (χ0v) is 9.47. The van der Waals surface area contributed by atoms with Gasteiger partial charge in [0.25, 0.3) is 0 Å². The van der Waals surface area contributed by atoms with Crippen LogP contribution in [0, 0.1) is 0 Å². The summed E-state index contributed by atoms with van der Waals surface area (Å²) in [7, 11) is 0. The Hall–Kier alpha value is -1.04. The highest BCUT2D eigenvalue weighted by molar-refractivity contribution is 5.97. The van der Waals surface area contributed by atoms with Crippen molar-refractivity contribution in [2.24, 2.45) is 0 Å². The predicted octanol–water partition coefficient (Wildman–Crippen LogP) is 4.22. The van der Waals surface area contributed by atoms with Gasteiger partial charge in [-0.1, -0.05) is 31.6 Å². The summed E-state index contributed by atoms with van der Waals surface area (Å²) in [6.45, 7) is 2.27. The Labute approximate surface area is 92.0 Å². The molecule has 0 bridgehead atoms. The van der Waals surface area contributed by atoms with E-state index >= 15 is 0 Å². The van der Waals surface area contributed by atoms with Crippen LogP contribution >= 0.6 is 0 Å². The first-order chi connectivity index (χ1) is 7.40. The van der Waals surface area contributed by atoms with E-state index in [1.54, 1.807) is 22.3 Å². The first-order valence-corrected chi connectivity index (χ1v) is 6.26. The predicted molar refractivity (Wildman–Crippen MR) is 65.9 cm³/mol. The second-order valence-electron chi connectivity index (χ2n) is 4.79. The molecule has 0 radical (unpaired) electrons. The van der Waals surface area contributed by atoms with Crippen LogP contribution in [0.1, 0.15) is 54.9 Å². The maximum absolute atomic E-state index is 2.39. The summed E-state index contributed by atoms with van der Waals surface area (Å²) in [6, 6.07) is 4.66. The normalized spacial score (nSPS) is 16.7. The largest absolute Gasteiger partial charge is 0.0654 e. The molecule has 0 aromatic heterocycles. The average Bonchev–Trinajstić information content (AvgIpc) is 2.64. The Morgan fingerprint density at radius 2 is 2.13 bits per heavy atom. The molecule has 0 saturated carbocycles. The van der Waals surface area contributed by atoms with Crippen LogP contribution < -0.4 is 0 Å². The van der Waals surface area contributed by atoms with Crippen molar-refractivity contribution in [2.75, 3.05) is 0 Å². The summed E-state index contributed by atoms with van der Waals surface area (Å²) in [5, 5.41) is 0. The van der Waals surface area contributed by atoms with Gasteiger partial charge < -0.3 is 0 Å². The molecule has 15 heavy (non-hydrogen) atoms. The van der Waals surface area contributed by atoms with E-state index in [9.17, 15) is 0 Å². The molecule has 1 aromatic carbocycles. The summed E-state index contributed by atoms with van der Waals surface area (Å²) >= 11 is 0. The summed E-state index contributed by atoms with van der Waals surface area (Å²) in [6.07, 6.45) is 10.3. The molecule has 0 atom stereocenters. The Morgan fingerprint density at radius 3 is 3.00 bits per heavy atom. The third kappa shape index (κ3) is 1.35. The van der Waals surface area contributed by atoms with Crippen molar-refractivity contribution in [1.29, 1.82) is 0 Å². The highest BCUT2D eigenvalue weighted by atomic mass is 14.3. The van der Waals surface area contributed by atoms with E-state index in [-0.39, 0.29) is 0 Å². The van der Waals surface area contributed by atoms with Gasteiger partial charge in [-0.2, -0.15) is 0 Å². The van der Waals surface area contributed by atoms with Crippen molar-refractivity contribution in [1.82, 2.24) is 0 Å². The molecule has 0 N–H and O–H groups in total. The Morgan fingerprint density at radius 1 is 1.20 bits per heavy atom. The lowest BCUT2D eigenvalue weighted by molar-refractivity contribution is 0.822. The average molecular weight is 198 g/mol. The standard InChI is InChI=1S/C15H18/c1-2-3-5-12-10-13-9-8-11-6-4-7-14(11)15(12)13/h8-10H,2-7H2,1H3. The first-order valence-electron chi connectivity index (χ1n) is 6.26. The van der Waals surface area contributed by atoms with E-state index in [0.29, 0.717) is 0 Å². The second-order valence-corrected chi connectivity index (χ2v) is 4.79. The van der Waals surface area contributed by atoms with Gasteiger partial charge in [0.15, 0.2) is 0 Å². The minimum atomic E-state index is 1.29. The molecule has 0 unspecified atom stereocenters. The van der Waals surface area contributed by atoms with Crippen molar-refractivity contribution in [3.8, 4) is 0 Å². The van der Waals surface area contributed by atoms with Crippen molar-refractivity contribution in [2.45, 2.75) is 45.4 Å². The molecular formula is C15H18. The van der Waals surface area contributed by atoms with Gasteiger partial charge in [0.2, 0.25) is 0 Å². The third-order valence-electron chi connectivity index (χ3n) is 3.77. The summed E-state index contributed by atoms with van der Waals surface area (Å²) in [4.78, 5) is 0. The number of hydrogen-bond acceptors (Lipinski definition) is 0. The molecule has 0 saturated heterocycles. The summed E-state index contributed by atoms with van der Waals surface area (Å²) in [5.41, 5.74) is 8.07. The molecule has 1 aromatic rings. The van der Waals surface area contributed by atoms with Crippen LogP contribution in [0.4, 0.5) is 0 Å². The van der Waals surface area contributed by atoms with Crippen LogP contribution in [0.2, 0.25) is 0 Å². The maximum Gasteiger partial charge on any atom is -0.0117 e. The Balaban J connectivity index is 1.92. The van der Waals surface area contributed by atoms with Gasteiger partial charge in [0.1, 0.15) is 0 Å². The molecule has 78 valence electrons. The molecule has 0 spiro atoms. The molecule has 2 aliphatic rings. The number of rotatable bonds is 3. The van der Waals surface area contributed by atoms with E-state index in [4.69, 9.17) is 0 Å². The van der Waals surface area contributed by atoms with E-state index < -0.39 is 0 Å².